The summed E-state index contributed by atoms with van der Waals surface area (Å²) in [5, 5.41) is 1.63. The summed E-state index contributed by atoms with van der Waals surface area (Å²) in [4.78, 5) is 30.4. The largest absolute Gasteiger partial charge is 0.337 e. The minimum Gasteiger partial charge on any atom is -0.337 e. The summed E-state index contributed by atoms with van der Waals surface area (Å²) in [7, 11) is 0. The van der Waals surface area contributed by atoms with Crippen LogP contribution < -0.4 is 5.56 Å². The molecule has 0 spiro atoms. The Morgan fingerprint density at radius 2 is 2.00 bits per heavy atom. The van der Waals surface area contributed by atoms with E-state index in [2.05, 4.69) is 16.5 Å². The van der Waals surface area contributed by atoms with Crippen molar-refractivity contribution in [3.8, 4) is 0 Å². The number of carbonyl (C=O) groups is 1. The first-order valence-electron chi connectivity index (χ1n) is 7.93. The molecular weight excluding hydrogens is 326 g/mol. The topological polar surface area (TPSA) is 56.4 Å². The zero-order valence-electron chi connectivity index (χ0n) is 13.6. The van der Waals surface area contributed by atoms with E-state index in [1.165, 1.54) is 6.08 Å². The van der Waals surface area contributed by atoms with Crippen molar-refractivity contribution in [1.82, 2.24) is 14.8 Å². The number of carbonyl (C=O) groups excluding carboxylic acids is 1. The van der Waals surface area contributed by atoms with E-state index >= 15 is 0 Å². The average molecular weight is 346 g/mol. The Morgan fingerprint density at radius 1 is 1.29 bits per heavy atom. The van der Waals surface area contributed by atoms with Crippen LogP contribution in [0.1, 0.15) is 11.1 Å². The third-order valence-electron chi connectivity index (χ3n) is 4.45. The summed E-state index contributed by atoms with van der Waals surface area (Å²) in [6.07, 6.45) is 1.36. The van der Waals surface area contributed by atoms with E-state index in [-0.39, 0.29) is 11.5 Å². The molecule has 1 N–H and O–H groups in total. The molecule has 5 nitrogen and oxygen atoms in total. The van der Waals surface area contributed by atoms with Crippen LogP contribution in [0.15, 0.2) is 35.6 Å². The van der Waals surface area contributed by atoms with Crippen LogP contribution in [0, 0.1) is 6.92 Å². The summed E-state index contributed by atoms with van der Waals surface area (Å²) < 4.78 is 0. The second kappa shape index (κ2) is 6.79. The number of fused-ring (bicyclic) bond motifs is 1. The van der Waals surface area contributed by atoms with Gasteiger partial charge >= 0.3 is 0 Å². The van der Waals surface area contributed by atoms with Gasteiger partial charge in [-0.2, -0.15) is 0 Å². The summed E-state index contributed by atoms with van der Waals surface area (Å²) in [5.41, 5.74) is 2.37. The number of halogens is 1. The zero-order valence-corrected chi connectivity index (χ0v) is 14.4. The minimum absolute atomic E-state index is 0.0219. The Balaban J connectivity index is 1.77. The lowest BCUT2D eigenvalue weighted by Crippen LogP contribution is -2.47. The SMILES string of the molecule is C=CC(=O)N1CCN(Cc2cc3[nH]c(=O)c(C)cc3cc2Cl)CC1. The van der Waals surface area contributed by atoms with E-state index in [4.69, 9.17) is 11.6 Å². The number of H-pyrrole nitrogens is 1. The van der Waals surface area contributed by atoms with E-state index in [9.17, 15) is 9.59 Å². The monoisotopic (exact) mass is 345 g/mol. The number of benzene rings is 1. The van der Waals surface area contributed by atoms with Crippen LogP contribution in [0.4, 0.5) is 0 Å². The number of piperazine rings is 1. The fourth-order valence-electron chi connectivity index (χ4n) is 3.00. The van der Waals surface area contributed by atoms with Gasteiger partial charge in [-0.15, -0.1) is 0 Å². The Kier molecular flexibility index (Phi) is 4.73. The number of aromatic amines is 1. The van der Waals surface area contributed by atoms with Crippen molar-refractivity contribution in [3.63, 3.8) is 0 Å². The molecule has 0 radical (unpaired) electrons. The maximum absolute atomic E-state index is 11.8. The number of nitrogens with zero attached hydrogens (tertiary/aromatic N) is 2. The van der Waals surface area contributed by atoms with Gasteiger partial charge in [0.2, 0.25) is 5.91 Å². The molecular formula is C18H20ClN3O2. The standard InChI is InChI=1S/C18H20ClN3O2/c1-3-17(23)22-6-4-21(5-7-22)11-14-10-16-13(9-15(14)19)8-12(2)18(24)20-16/h3,8-10H,1,4-7,11H2,2H3,(H,20,24). The van der Waals surface area contributed by atoms with Gasteiger partial charge in [-0.25, -0.2) is 0 Å². The molecule has 1 aromatic heterocycles. The van der Waals surface area contributed by atoms with Crippen LogP contribution in [-0.4, -0.2) is 46.9 Å². The molecule has 1 amide bonds. The molecule has 3 rings (SSSR count). The van der Waals surface area contributed by atoms with Crippen LogP contribution in [0.2, 0.25) is 5.02 Å². The number of rotatable bonds is 3. The predicted molar refractivity (Wildman–Crippen MR) is 96.4 cm³/mol. The molecule has 1 aliphatic rings. The number of hydrogen-bond donors (Lipinski definition) is 1. The second-order valence-electron chi connectivity index (χ2n) is 6.12. The number of aryl methyl sites for hydroxylation is 1. The van der Waals surface area contributed by atoms with E-state index in [1.807, 2.05) is 18.2 Å². The van der Waals surface area contributed by atoms with Crippen LogP contribution in [0.3, 0.4) is 0 Å². The van der Waals surface area contributed by atoms with Gasteiger partial charge in [0.25, 0.3) is 5.56 Å². The van der Waals surface area contributed by atoms with E-state index in [0.29, 0.717) is 30.2 Å². The van der Waals surface area contributed by atoms with Crippen LogP contribution in [-0.2, 0) is 11.3 Å². The third kappa shape index (κ3) is 3.37. The number of nitrogens with one attached hydrogen (secondary N) is 1. The highest BCUT2D eigenvalue weighted by Crippen LogP contribution is 2.24. The average Bonchev–Trinajstić information content (AvgIpc) is 2.57. The predicted octanol–water partition coefficient (Wildman–Crippen LogP) is 2.32. The van der Waals surface area contributed by atoms with Gasteiger partial charge in [0.05, 0.1) is 0 Å². The summed E-state index contributed by atoms with van der Waals surface area (Å²) in [5.74, 6) is -0.0219. The van der Waals surface area contributed by atoms with Gasteiger partial charge < -0.3 is 9.88 Å². The fourth-order valence-corrected chi connectivity index (χ4v) is 3.23. The number of pyridine rings is 1. The third-order valence-corrected chi connectivity index (χ3v) is 4.80. The van der Waals surface area contributed by atoms with Crippen molar-refractivity contribution in [3.05, 3.63) is 57.4 Å². The Hall–Kier alpha value is -2.11. The van der Waals surface area contributed by atoms with Gasteiger partial charge in [-0.05, 0) is 42.1 Å². The molecule has 0 unspecified atom stereocenters. The molecule has 0 bridgehead atoms. The van der Waals surface area contributed by atoms with E-state index in [0.717, 1.165) is 29.6 Å². The highest BCUT2D eigenvalue weighted by atomic mass is 35.5. The molecule has 1 aromatic carbocycles. The summed E-state index contributed by atoms with van der Waals surface area (Å²) in [6.45, 7) is 8.96. The normalized spacial score (nSPS) is 15.7. The quantitative estimate of drug-likeness (QED) is 0.869. The van der Waals surface area contributed by atoms with Crippen LogP contribution >= 0.6 is 11.6 Å². The van der Waals surface area contributed by atoms with Crippen molar-refractivity contribution >= 4 is 28.4 Å². The number of hydrogen-bond acceptors (Lipinski definition) is 3. The molecule has 0 atom stereocenters. The highest BCUT2D eigenvalue weighted by Gasteiger charge is 2.20. The molecule has 1 saturated heterocycles. The highest BCUT2D eigenvalue weighted by molar-refractivity contribution is 6.32. The lowest BCUT2D eigenvalue weighted by Gasteiger charge is -2.34. The maximum atomic E-state index is 11.8. The molecule has 0 saturated carbocycles. The first kappa shape index (κ1) is 16.7. The van der Waals surface area contributed by atoms with Crippen LogP contribution in [0.25, 0.3) is 10.9 Å². The minimum atomic E-state index is -0.0766. The van der Waals surface area contributed by atoms with Crippen molar-refractivity contribution in [2.75, 3.05) is 26.2 Å². The summed E-state index contributed by atoms with van der Waals surface area (Å²) >= 11 is 6.42. The smallest absolute Gasteiger partial charge is 0.251 e. The summed E-state index contributed by atoms with van der Waals surface area (Å²) in [6, 6.07) is 5.69. The second-order valence-corrected chi connectivity index (χ2v) is 6.53. The molecule has 126 valence electrons. The van der Waals surface area contributed by atoms with E-state index in [1.54, 1.807) is 11.8 Å². The fraction of sp³-hybridized carbons (Fsp3) is 0.333. The van der Waals surface area contributed by atoms with Crippen molar-refractivity contribution in [2.24, 2.45) is 0 Å². The Bertz CT molecular complexity index is 851. The van der Waals surface area contributed by atoms with Crippen molar-refractivity contribution < 1.29 is 4.79 Å². The Labute approximate surface area is 145 Å². The van der Waals surface area contributed by atoms with Gasteiger partial charge in [0, 0.05) is 48.8 Å². The molecule has 2 heterocycles. The molecule has 2 aromatic rings. The Morgan fingerprint density at radius 3 is 2.67 bits per heavy atom. The van der Waals surface area contributed by atoms with E-state index < -0.39 is 0 Å². The van der Waals surface area contributed by atoms with Crippen molar-refractivity contribution in [1.29, 1.82) is 0 Å². The first-order chi connectivity index (χ1) is 11.5. The molecule has 0 aliphatic carbocycles. The number of aromatic nitrogens is 1. The van der Waals surface area contributed by atoms with Gasteiger partial charge in [0.1, 0.15) is 0 Å². The molecule has 24 heavy (non-hydrogen) atoms. The lowest BCUT2D eigenvalue weighted by molar-refractivity contribution is -0.127. The molecule has 1 aliphatic heterocycles. The lowest BCUT2D eigenvalue weighted by atomic mass is 10.1. The van der Waals surface area contributed by atoms with Crippen molar-refractivity contribution in [2.45, 2.75) is 13.5 Å². The maximum Gasteiger partial charge on any atom is 0.251 e. The molecule has 1 fully saturated rings. The first-order valence-corrected chi connectivity index (χ1v) is 8.31. The van der Waals surface area contributed by atoms with Gasteiger partial charge in [0.15, 0.2) is 0 Å². The number of amides is 1. The van der Waals surface area contributed by atoms with Gasteiger partial charge in [-0.3, -0.25) is 14.5 Å². The molecule has 6 heteroatoms. The zero-order chi connectivity index (χ0) is 17.3. The van der Waals surface area contributed by atoms with Crippen LogP contribution in [0.5, 0.6) is 0 Å². The van der Waals surface area contributed by atoms with Gasteiger partial charge in [-0.1, -0.05) is 18.2 Å².